The van der Waals surface area contributed by atoms with Gasteiger partial charge in [-0.25, -0.2) is 4.79 Å². The third-order valence-electron chi connectivity index (χ3n) is 2.51. The molecule has 0 saturated heterocycles. The van der Waals surface area contributed by atoms with Crippen molar-refractivity contribution in [2.45, 2.75) is 26.4 Å². The third kappa shape index (κ3) is 3.92. The lowest BCUT2D eigenvalue weighted by atomic mass is 10.1. The zero-order chi connectivity index (χ0) is 13.8. The summed E-state index contributed by atoms with van der Waals surface area (Å²) in [4.78, 5) is 11.1. The summed E-state index contributed by atoms with van der Waals surface area (Å²) in [6, 6.07) is 4.68. The molecule has 5 nitrogen and oxygen atoms in total. The standard InChI is InChI=1S/C13H20N2O3/c1-4-18-13(2,3)8-15-11-7-9(14)5-6-10(11)12(16)17/h5-7,15H,4,8,14H2,1-3H3,(H,16,17). The number of ether oxygens (including phenoxy) is 1. The fourth-order valence-electron chi connectivity index (χ4n) is 1.64. The van der Waals surface area contributed by atoms with Crippen LogP contribution in [0.1, 0.15) is 31.1 Å². The molecule has 0 aliphatic rings. The number of anilines is 2. The number of hydrogen-bond acceptors (Lipinski definition) is 4. The SMILES string of the molecule is CCOC(C)(C)CNc1cc(N)ccc1C(=O)O. The van der Waals surface area contributed by atoms with Gasteiger partial charge in [-0.05, 0) is 39.0 Å². The van der Waals surface area contributed by atoms with E-state index in [-0.39, 0.29) is 11.2 Å². The number of nitrogen functional groups attached to an aromatic ring is 1. The van der Waals surface area contributed by atoms with Gasteiger partial charge >= 0.3 is 5.97 Å². The summed E-state index contributed by atoms with van der Waals surface area (Å²) >= 11 is 0. The molecular formula is C13H20N2O3. The van der Waals surface area contributed by atoms with E-state index >= 15 is 0 Å². The summed E-state index contributed by atoms with van der Waals surface area (Å²) in [6.07, 6.45) is 0. The normalized spacial score (nSPS) is 11.3. The maximum Gasteiger partial charge on any atom is 0.337 e. The fraction of sp³-hybridized carbons (Fsp3) is 0.462. The monoisotopic (exact) mass is 252 g/mol. The smallest absolute Gasteiger partial charge is 0.337 e. The van der Waals surface area contributed by atoms with Gasteiger partial charge in [-0.15, -0.1) is 0 Å². The minimum absolute atomic E-state index is 0.205. The van der Waals surface area contributed by atoms with Crippen molar-refractivity contribution in [3.05, 3.63) is 23.8 Å². The average molecular weight is 252 g/mol. The van der Waals surface area contributed by atoms with Gasteiger partial charge in [-0.3, -0.25) is 0 Å². The molecule has 0 fully saturated rings. The first kappa shape index (κ1) is 14.3. The van der Waals surface area contributed by atoms with E-state index in [1.54, 1.807) is 12.1 Å². The van der Waals surface area contributed by atoms with Gasteiger partial charge in [0.25, 0.3) is 0 Å². The fourth-order valence-corrected chi connectivity index (χ4v) is 1.64. The van der Waals surface area contributed by atoms with Crippen LogP contribution in [0, 0.1) is 0 Å². The summed E-state index contributed by atoms with van der Waals surface area (Å²) in [5.41, 5.74) is 6.53. The predicted molar refractivity (Wildman–Crippen MR) is 72.0 cm³/mol. The average Bonchev–Trinajstić information content (AvgIpc) is 2.26. The Bertz CT molecular complexity index is 430. The summed E-state index contributed by atoms with van der Waals surface area (Å²) < 4.78 is 5.54. The van der Waals surface area contributed by atoms with Crippen molar-refractivity contribution in [1.29, 1.82) is 0 Å². The number of benzene rings is 1. The van der Waals surface area contributed by atoms with Gasteiger partial charge in [0.2, 0.25) is 0 Å². The maximum absolute atomic E-state index is 11.1. The molecule has 0 radical (unpaired) electrons. The molecule has 100 valence electrons. The molecule has 0 spiro atoms. The van der Waals surface area contributed by atoms with Gasteiger partial charge in [0.05, 0.1) is 16.9 Å². The lowest BCUT2D eigenvalue weighted by Crippen LogP contribution is -2.33. The molecule has 0 heterocycles. The Morgan fingerprint density at radius 3 is 2.72 bits per heavy atom. The quantitative estimate of drug-likeness (QED) is 0.676. The highest BCUT2D eigenvalue weighted by atomic mass is 16.5. The Morgan fingerprint density at radius 1 is 1.50 bits per heavy atom. The van der Waals surface area contributed by atoms with Gasteiger partial charge in [0.1, 0.15) is 0 Å². The maximum atomic E-state index is 11.1. The predicted octanol–water partition coefficient (Wildman–Crippen LogP) is 2.19. The molecule has 5 heteroatoms. The lowest BCUT2D eigenvalue weighted by molar-refractivity contribution is 0.000659. The minimum Gasteiger partial charge on any atom is -0.478 e. The van der Waals surface area contributed by atoms with E-state index in [0.29, 0.717) is 24.5 Å². The van der Waals surface area contributed by atoms with Crippen LogP contribution in [0.4, 0.5) is 11.4 Å². The molecule has 0 aliphatic heterocycles. The van der Waals surface area contributed by atoms with Crippen molar-refractivity contribution in [3.63, 3.8) is 0 Å². The van der Waals surface area contributed by atoms with Gasteiger partial charge in [0, 0.05) is 18.8 Å². The number of carbonyl (C=O) groups is 1. The van der Waals surface area contributed by atoms with E-state index in [9.17, 15) is 4.79 Å². The Labute approximate surface area is 107 Å². The van der Waals surface area contributed by atoms with Crippen LogP contribution in [-0.2, 0) is 4.74 Å². The molecule has 1 rings (SSSR count). The van der Waals surface area contributed by atoms with E-state index in [4.69, 9.17) is 15.6 Å². The first-order valence-electron chi connectivity index (χ1n) is 5.86. The minimum atomic E-state index is -0.980. The topological polar surface area (TPSA) is 84.6 Å². The van der Waals surface area contributed by atoms with Crippen molar-refractivity contribution >= 4 is 17.3 Å². The molecule has 1 aromatic rings. The summed E-state index contributed by atoms with van der Waals surface area (Å²) in [5.74, 6) is -0.980. The molecule has 0 unspecified atom stereocenters. The number of rotatable bonds is 6. The molecule has 1 aromatic carbocycles. The van der Waals surface area contributed by atoms with Crippen molar-refractivity contribution in [2.24, 2.45) is 0 Å². The van der Waals surface area contributed by atoms with Crippen LogP contribution in [0.25, 0.3) is 0 Å². The van der Waals surface area contributed by atoms with Crippen LogP contribution in [-0.4, -0.2) is 29.8 Å². The van der Waals surface area contributed by atoms with E-state index in [1.807, 2.05) is 20.8 Å². The van der Waals surface area contributed by atoms with Gasteiger partial charge in [0.15, 0.2) is 0 Å². The molecular weight excluding hydrogens is 232 g/mol. The van der Waals surface area contributed by atoms with Gasteiger partial charge in [-0.1, -0.05) is 0 Å². The Balaban J connectivity index is 2.83. The largest absolute Gasteiger partial charge is 0.478 e. The number of nitrogens with two attached hydrogens (primary N) is 1. The molecule has 0 aromatic heterocycles. The van der Waals surface area contributed by atoms with Crippen LogP contribution in [0.2, 0.25) is 0 Å². The number of carboxylic acid groups (broad SMARTS) is 1. The summed E-state index contributed by atoms with van der Waals surface area (Å²) in [7, 11) is 0. The van der Waals surface area contributed by atoms with E-state index < -0.39 is 5.97 Å². The second-order valence-electron chi connectivity index (χ2n) is 4.66. The van der Waals surface area contributed by atoms with Crippen LogP contribution < -0.4 is 11.1 Å². The van der Waals surface area contributed by atoms with Crippen LogP contribution >= 0.6 is 0 Å². The number of nitrogens with one attached hydrogen (secondary N) is 1. The van der Waals surface area contributed by atoms with Crippen LogP contribution in [0.5, 0.6) is 0 Å². The molecule has 0 saturated carbocycles. The molecule has 18 heavy (non-hydrogen) atoms. The van der Waals surface area contributed by atoms with Crippen molar-refractivity contribution in [1.82, 2.24) is 0 Å². The van der Waals surface area contributed by atoms with Gasteiger partial charge in [-0.2, -0.15) is 0 Å². The summed E-state index contributed by atoms with van der Waals surface area (Å²) in [5, 5.41) is 12.2. The van der Waals surface area contributed by atoms with Gasteiger partial charge < -0.3 is 20.9 Å². The number of aromatic carboxylic acids is 1. The zero-order valence-electron chi connectivity index (χ0n) is 11.0. The third-order valence-corrected chi connectivity index (χ3v) is 2.51. The van der Waals surface area contributed by atoms with Crippen molar-refractivity contribution in [3.8, 4) is 0 Å². The highest BCUT2D eigenvalue weighted by molar-refractivity contribution is 5.95. The Hall–Kier alpha value is -1.75. The lowest BCUT2D eigenvalue weighted by Gasteiger charge is -2.26. The molecule has 4 N–H and O–H groups in total. The molecule has 0 aliphatic carbocycles. The highest BCUT2D eigenvalue weighted by Gasteiger charge is 2.19. The van der Waals surface area contributed by atoms with E-state index in [0.717, 1.165) is 0 Å². The highest BCUT2D eigenvalue weighted by Crippen LogP contribution is 2.21. The molecule has 0 atom stereocenters. The van der Waals surface area contributed by atoms with E-state index in [2.05, 4.69) is 5.32 Å². The van der Waals surface area contributed by atoms with Crippen molar-refractivity contribution < 1.29 is 14.6 Å². The summed E-state index contributed by atoms with van der Waals surface area (Å²) in [6.45, 7) is 6.92. The first-order valence-corrected chi connectivity index (χ1v) is 5.86. The first-order chi connectivity index (χ1) is 8.35. The van der Waals surface area contributed by atoms with E-state index in [1.165, 1.54) is 6.07 Å². The Kier molecular flexibility index (Phi) is 4.55. The molecule has 0 amide bonds. The molecule has 0 bridgehead atoms. The van der Waals surface area contributed by atoms with Crippen molar-refractivity contribution in [2.75, 3.05) is 24.2 Å². The van der Waals surface area contributed by atoms with Crippen LogP contribution in [0.15, 0.2) is 18.2 Å². The second-order valence-corrected chi connectivity index (χ2v) is 4.66. The Morgan fingerprint density at radius 2 is 2.17 bits per heavy atom. The zero-order valence-corrected chi connectivity index (χ0v) is 11.0. The number of hydrogen-bond donors (Lipinski definition) is 3. The van der Waals surface area contributed by atoms with Crippen LogP contribution in [0.3, 0.4) is 0 Å². The second kappa shape index (κ2) is 5.73. The number of carboxylic acids is 1.